The second-order valence-electron chi connectivity index (χ2n) is 9.29. The van der Waals surface area contributed by atoms with E-state index >= 15 is 0 Å². The second kappa shape index (κ2) is 20.7. The van der Waals surface area contributed by atoms with Crippen LogP contribution >= 0.6 is 0 Å². The summed E-state index contributed by atoms with van der Waals surface area (Å²) in [6.07, 6.45) is 0.420. The zero-order valence-electron chi connectivity index (χ0n) is 26.3. The summed E-state index contributed by atoms with van der Waals surface area (Å²) in [5, 5.41) is 16.0. The number of aliphatic hydroxyl groups is 2. The van der Waals surface area contributed by atoms with Crippen LogP contribution in [0.1, 0.15) is 25.0 Å². The van der Waals surface area contributed by atoms with Crippen molar-refractivity contribution in [3.63, 3.8) is 0 Å². The fourth-order valence-electron chi connectivity index (χ4n) is 2.99. The molecule has 2 fully saturated rings. The van der Waals surface area contributed by atoms with Crippen LogP contribution in [0.25, 0.3) is 0 Å². The molecule has 2 heterocycles. The third-order valence-corrected chi connectivity index (χ3v) is 5.55. The van der Waals surface area contributed by atoms with Crippen LogP contribution in [0.15, 0.2) is 60.7 Å². The maximum absolute atomic E-state index is 11.3. The molecule has 2 aromatic carbocycles. The van der Waals surface area contributed by atoms with Crippen LogP contribution in [-0.2, 0) is 41.8 Å². The van der Waals surface area contributed by atoms with Crippen molar-refractivity contribution >= 4 is 11.9 Å². The quantitative estimate of drug-likeness (QED) is 0.192. The highest BCUT2D eigenvalue weighted by Crippen LogP contribution is 2.30. The normalized spacial score (nSPS) is 15.2. The minimum Gasteiger partial charge on any atom is -0.493 e. The minimum absolute atomic E-state index is 0.00236. The number of carbonyl (C=O) groups excluding carboxylic acids is 2. The van der Waals surface area contributed by atoms with E-state index in [2.05, 4.69) is 17.9 Å². The van der Waals surface area contributed by atoms with Gasteiger partial charge in [0.2, 0.25) is 0 Å². The number of hydrogen-bond donors (Lipinski definition) is 2. The molecule has 12 heteroatoms. The van der Waals surface area contributed by atoms with Crippen molar-refractivity contribution in [3.8, 4) is 23.0 Å². The standard InChI is InChI=1S/C15H18O5.C11H14O4.C5H8O2.CH4O/c1-10(2)15(16)20-7-11-4-5-13(14(6-11)17-3)19-9-12-8-18-12;1-13-11-4-8(5-12)2-3-10(11)15-7-9-6-14-9;1-4(2)5(6)7-3;1-2/h4-6,12H,1,7-9H2,2-3H3;2-4,9,12H,5-7H2,1H3;1H2,2-3H3;2H,1H3. The molecular weight excluding hydrogens is 576 g/mol. The smallest absolute Gasteiger partial charge is 0.333 e. The van der Waals surface area contributed by atoms with E-state index in [4.69, 9.17) is 43.4 Å². The van der Waals surface area contributed by atoms with Gasteiger partial charge in [-0.15, -0.1) is 0 Å². The molecule has 0 amide bonds. The van der Waals surface area contributed by atoms with Gasteiger partial charge in [0, 0.05) is 18.3 Å². The van der Waals surface area contributed by atoms with Gasteiger partial charge in [-0.3, -0.25) is 0 Å². The fourth-order valence-corrected chi connectivity index (χ4v) is 2.99. The topological polar surface area (TPSA) is 155 Å². The lowest BCUT2D eigenvalue weighted by Crippen LogP contribution is -2.07. The summed E-state index contributed by atoms with van der Waals surface area (Å²) >= 11 is 0. The van der Waals surface area contributed by atoms with Crippen LogP contribution in [0.3, 0.4) is 0 Å². The lowest BCUT2D eigenvalue weighted by atomic mass is 10.2. The number of ether oxygens (including phenoxy) is 8. The molecule has 0 aromatic heterocycles. The zero-order chi connectivity index (χ0) is 33.1. The highest BCUT2D eigenvalue weighted by Gasteiger charge is 2.24. The predicted molar refractivity (Wildman–Crippen MR) is 162 cm³/mol. The average Bonchev–Trinajstić information content (AvgIpc) is 3.98. The summed E-state index contributed by atoms with van der Waals surface area (Å²) < 4.78 is 41.0. The molecule has 2 atom stereocenters. The second-order valence-corrected chi connectivity index (χ2v) is 9.29. The van der Waals surface area contributed by atoms with E-state index in [-0.39, 0.29) is 31.4 Å². The van der Waals surface area contributed by atoms with Gasteiger partial charge in [0.1, 0.15) is 32.0 Å². The average molecular weight is 621 g/mol. The summed E-state index contributed by atoms with van der Waals surface area (Å²) in [6.45, 7) is 12.9. The van der Waals surface area contributed by atoms with E-state index in [0.717, 1.165) is 31.5 Å². The summed E-state index contributed by atoms with van der Waals surface area (Å²) in [6, 6.07) is 10.8. The van der Waals surface area contributed by atoms with Crippen molar-refractivity contribution in [2.75, 3.05) is 54.9 Å². The number of benzene rings is 2. The van der Waals surface area contributed by atoms with Crippen LogP contribution in [-0.4, -0.2) is 89.2 Å². The Bertz CT molecular complexity index is 1200. The van der Waals surface area contributed by atoms with Gasteiger partial charge in [0.15, 0.2) is 23.0 Å². The maximum Gasteiger partial charge on any atom is 0.333 e. The summed E-state index contributed by atoms with van der Waals surface area (Å²) in [5.74, 6) is 1.83. The number of carbonyl (C=O) groups is 2. The molecule has 2 N–H and O–H groups in total. The van der Waals surface area contributed by atoms with E-state index in [1.165, 1.54) is 7.11 Å². The third-order valence-electron chi connectivity index (χ3n) is 5.55. The van der Waals surface area contributed by atoms with Gasteiger partial charge in [-0.25, -0.2) is 9.59 Å². The molecule has 12 nitrogen and oxygen atoms in total. The molecule has 2 unspecified atom stereocenters. The predicted octanol–water partition coefficient (Wildman–Crippen LogP) is 3.40. The van der Waals surface area contributed by atoms with E-state index in [1.54, 1.807) is 52.3 Å². The van der Waals surface area contributed by atoms with Gasteiger partial charge >= 0.3 is 11.9 Å². The number of aliphatic hydroxyl groups excluding tert-OH is 2. The van der Waals surface area contributed by atoms with Crippen LogP contribution in [0, 0.1) is 0 Å². The molecule has 2 aliphatic rings. The van der Waals surface area contributed by atoms with Crippen molar-refractivity contribution in [1.82, 2.24) is 0 Å². The van der Waals surface area contributed by atoms with Crippen molar-refractivity contribution < 1.29 is 57.7 Å². The van der Waals surface area contributed by atoms with Gasteiger partial charge in [0.25, 0.3) is 0 Å². The highest BCUT2D eigenvalue weighted by molar-refractivity contribution is 5.87. The Balaban J connectivity index is 0.000000355. The molecule has 0 saturated carbocycles. The molecule has 2 aromatic rings. The number of esters is 2. The molecule has 0 bridgehead atoms. The van der Waals surface area contributed by atoms with Crippen LogP contribution < -0.4 is 18.9 Å². The van der Waals surface area contributed by atoms with E-state index in [9.17, 15) is 9.59 Å². The zero-order valence-corrected chi connectivity index (χ0v) is 26.3. The van der Waals surface area contributed by atoms with Gasteiger partial charge < -0.3 is 48.1 Å². The molecule has 44 heavy (non-hydrogen) atoms. The summed E-state index contributed by atoms with van der Waals surface area (Å²) in [4.78, 5) is 21.5. The lowest BCUT2D eigenvalue weighted by molar-refractivity contribution is -0.140. The Labute approximate surface area is 258 Å². The van der Waals surface area contributed by atoms with E-state index in [0.29, 0.717) is 47.4 Å². The van der Waals surface area contributed by atoms with Gasteiger partial charge in [-0.05, 0) is 49.2 Å². The van der Waals surface area contributed by atoms with Gasteiger partial charge in [0.05, 0.1) is 41.2 Å². The Morgan fingerprint density at radius 3 is 1.55 bits per heavy atom. The number of rotatable bonds is 13. The first-order chi connectivity index (χ1) is 21.1. The highest BCUT2D eigenvalue weighted by atomic mass is 16.6. The summed E-state index contributed by atoms with van der Waals surface area (Å²) in [5.41, 5.74) is 2.44. The van der Waals surface area contributed by atoms with Gasteiger partial charge in [-0.2, -0.15) is 0 Å². The van der Waals surface area contributed by atoms with Gasteiger partial charge in [-0.1, -0.05) is 25.3 Å². The third kappa shape index (κ3) is 14.9. The maximum atomic E-state index is 11.3. The van der Waals surface area contributed by atoms with E-state index in [1.807, 2.05) is 12.1 Å². The molecular formula is C32H44O12. The molecule has 0 aliphatic carbocycles. The Morgan fingerprint density at radius 2 is 1.20 bits per heavy atom. The van der Waals surface area contributed by atoms with Crippen LogP contribution in [0.2, 0.25) is 0 Å². The van der Waals surface area contributed by atoms with Crippen molar-refractivity contribution in [2.45, 2.75) is 39.3 Å². The van der Waals surface area contributed by atoms with Crippen molar-refractivity contribution in [1.29, 1.82) is 0 Å². The van der Waals surface area contributed by atoms with Crippen molar-refractivity contribution in [3.05, 3.63) is 71.8 Å². The minimum atomic E-state index is -0.407. The van der Waals surface area contributed by atoms with Crippen LogP contribution in [0.4, 0.5) is 0 Å². The first kappa shape index (κ1) is 37.9. The molecule has 0 spiro atoms. The Morgan fingerprint density at radius 1 is 0.773 bits per heavy atom. The number of methoxy groups -OCH3 is 3. The number of hydrogen-bond acceptors (Lipinski definition) is 12. The molecule has 4 rings (SSSR count). The first-order valence-corrected chi connectivity index (χ1v) is 13.6. The Hall–Kier alpha value is -4.10. The summed E-state index contributed by atoms with van der Waals surface area (Å²) in [7, 11) is 5.48. The molecule has 0 radical (unpaired) electrons. The van der Waals surface area contributed by atoms with Crippen molar-refractivity contribution in [2.24, 2.45) is 0 Å². The molecule has 2 aliphatic heterocycles. The monoisotopic (exact) mass is 620 g/mol. The molecule has 244 valence electrons. The van der Waals surface area contributed by atoms with E-state index < -0.39 is 5.97 Å². The molecule has 2 saturated heterocycles. The van der Waals surface area contributed by atoms with Crippen LogP contribution in [0.5, 0.6) is 23.0 Å². The largest absolute Gasteiger partial charge is 0.493 e. The first-order valence-electron chi connectivity index (χ1n) is 13.6. The fraction of sp³-hybridized carbons (Fsp3) is 0.438. The SMILES string of the molecule is C=C(C)C(=O)OC.C=C(C)C(=O)OCc1ccc(OCC2CO2)c(OC)c1.CO.COc1cc(CO)ccc1OCC1CO1. The lowest BCUT2D eigenvalue weighted by Gasteiger charge is -2.11. The Kier molecular flexibility index (Phi) is 17.9. The number of epoxide rings is 2.